The van der Waals surface area contributed by atoms with Crippen LogP contribution in [0.15, 0.2) is 11.8 Å². The van der Waals surface area contributed by atoms with Crippen molar-refractivity contribution in [1.82, 2.24) is 0 Å². The summed E-state index contributed by atoms with van der Waals surface area (Å²) in [6.07, 6.45) is 21.1. The normalized spacial score (nSPS) is 11.4. The number of carbonyl (C=O) groups excluding carboxylic acids is 2. The molecular weight excluding hydrogens is 340 g/mol. The van der Waals surface area contributed by atoms with Crippen molar-refractivity contribution >= 4 is 11.9 Å². The molecule has 0 N–H and O–H groups in total. The number of hydrogen-bond acceptors (Lipinski definition) is 4. The van der Waals surface area contributed by atoms with Crippen LogP contribution in [0.2, 0.25) is 0 Å². The van der Waals surface area contributed by atoms with Gasteiger partial charge in [0.2, 0.25) is 0 Å². The van der Waals surface area contributed by atoms with Gasteiger partial charge >= 0.3 is 11.9 Å². The molecule has 0 aliphatic heterocycles. The van der Waals surface area contributed by atoms with Gasteiger partial charge in [-0.15, -0.1) is 0 Å². The zero-order valence-corrected chi connectivity index (χ0v) is 18.0. The standard InChI is InChI=1S/C23H42O4/c1-4-5-6-7-8-9-10-11-12-13-14-15-16-17-18-19-22(24)27-20-21(2)23(25)26-3/h20H,4-19H2,1-3H3. The van der Waals surface area contributed by atoms with E-state index in [2.05, 4.69) is 11.7 Å². The van der Waals surface area contributed by atoms with Crippen LogP contribution in [0.3, 0.4) is 0 Å². The first-order valence-electron chi connectivity index (χ1n) is 11.1. The summed E-state index contributed by atoms with van der Waals surface area (Å²) in [7, 11) is 1.30. The highest BCUT2D eigenvalue weighted by molar-refractivity contribution is 5.87. The summed E-state index contributed by atoms with van der Waals surface area (Å²) in [4.78, 5) is 22.7. The Morgan fingerprint density at radius 2 is 1.11 bits per heavy atom. The lowest BCUT2D eigenvalue weighted by atomic mass is 10.0. The van der Waals surface area contributed by atoms with E-state index < -0.39 is 5.97 Å². The fourth-order valence-corrected chi connectivity index (χ4v) is 3.06. The second-order valence-electron chi connectivity index (χ2n) is 7.48. The third-order valence-corrected chi connectivity index (χ3v) is 4.86. The van der Waals surface area contributed by atoms with Crippen molar-refractivity contribution in [2.24, 2.45) is 0 Å². The summed E-state index contributed by atoms with van der Waals surface area (Å²) >= 11 is 0. The predicted molar refractivity (Wildman–Crippen MR) is 111 cm³/mol. The number of methoxy groups -OCH3 is 1. The molecule has 4 heteroatoms. The average Bonchev–Trinajstić information content (AvgIpc) is 2.68. The molecule has 0 aromatic heterocycles. The largest absolute Gasteiger partial charge is 0.466 e. The average molecular weight is 383 g/mol. The van der Waals surface area contributed by atoms with Gasteiger partial charge in [0.1, 0.15) is 6.26 Å². The van der Waals surface area contributed by atoms with Crippen LogP contribution >= 0.6 is 0 Å². The minimum Gasteiger partial charge on any atom is -0.466 e. The number of esters is 2. The van der Waals surface area contributed by atoms with Gasteiger partial charge in [-0.2, -0.15) is 0 Å². The summed E-state index contributed by atoms with van der Waals surface area (Å²) in [5.41, 5.74) is 0.294. The lowest BCUT2D eigenvalue weighted by Crippen LogP contribution is -2.05. The number of rotatable bonds is 18. The van der Waals surface area contributed by atoms with Crippen LogP contribution in [0.5, 0.6) is 0 Å². The zero-order valence-electron chi connectivity index (χ0n) is 18.0. The molecule has 0 saturated heterocycles. The Kier molecular flexibility index (Phi) is 18.5. The molecule has 27 heavy (non-hydrogen) atoms. The van der Waals surface area contributed by atoms with Gasteiger partial charge in [-0.25, -0.2) is 4.79 Å². The van der Waals surface area contributed by atoms with Crippen molar-refractivity contribution in [2.45, 2.75) is 117 Å². The van der Waals surface area contributed by atoms with Crippen molar-refractivity contribution in [2.75, 3.05) is 7.11 Å². The van der Waals surface area contributed by atoms with Crippen molar-refractivity contribution < 1.29 is 19.1 Å². The maximum Gasteiger partial charge on any atom is 0.336 e. The first-order valence-corrected chi connectivity index (χ1v) is 11.1. The summed E-state index contributed by atoms with van der Waals surface area (Å²) in [5.74, 6) is -0.761. The van der Waals surface area contributed by atoms with E-state index in [1.165, 1.54) is 96.8 Å². The maximum absolute atomic E-state index is 11.6. The van der Waals surface area contributed by atoms with Gasteiger partial charge in [0.05, 0.1) is 12.7 Å². The van der Waals surface area contributed by atoms with Crippen molar-refractivity contribution in [3.63, 3.8) is 0 Å². The third-order valence-electron chi connectivity index (χ3n) is 4.86. The molecule has 0 unspecified atom stereocenters. The van der Waals surface area contributed by atoms with Gasteiger partial charge in [0, 0.05) is 6.42 Å². The van der Waals surface area contributed by atoms with Crippen molar-refractivity contribution in [3.8, 4) is 0 Å². The summed E-state index contributed by atoms with van der Waals surface area (Å²) in [5, 5.41) is 0. The molecule has 0 spiro atoms. The highest BCUT2D eigenvalue weighted by Gasteiger charge is 2.06. The highest BCUT2D eigenvalue weighted by Crippen LogP contribution is 2.13. The fraction of sp³-hybridized carbons (Fsp3) is 0.826. The second kappa shape index (κ2) is 19.4. The molecular formula is C23H42O4. The van der Waals surface area contributed by atoms with Gasteiger partial charge in [-0.05, 0) is 13.3 Å². The molecule has 0 heterocycles. The smallest absolute Gasteiger partial charge is 0.336 e. The van der Waals surface area contributed by atoms with E-state index in [4.69, 9.17) is 4.74 Å². The second-order valence-corrected chi connectivity index (χ2v) is 7.48. The predicted octanol–water partition coefficient (Wildman–Crippen LogP) is 6.87. The van der Waals surface area contributed by atoms with Crippen LogP contribution in [0.1, 0.15) is 117 Å². The van der Waals surface area contributed by atoms with E-state index in [0.29, 0.717) is 12.0 Å². The topological polar surface area (TPSA) is 52.6 Å². The van der Waals surface area contributed by atoms with Gasteiger partial charge in [0.15, 0.2) is 0 Å². The minimum absolute atomic E-state index is 0.284. The fourth-order valence-electron chi connectivity index (χ4n) is 3.06. The van der Waals surface area contributed by atoms with Crippen LogP contribution in [-0.4, -0.2) is 19.0 Å². The summed E-state index contributed by atoms with van der Waals surface area (Å²) in [6, 6.07) is 0. The Labute approximate surface area is 167 Å². The van der Waals surface area contributed by atoms with E-state index in [1.54, 1.807) is 6.92 Å². The first kappa shape index (κ1) is 25.7. The lowest BCUT2D eigenvalue weighted by Gasteiger charge is -2.04. The van der Waals surface area contributed by atoms with Crippen LogP contribution in [0.25, 0.3) is 0 Å². The minimum atomic E-state index is -0.477. The zero-order chi connectivity index (χ0) is 20.2. The molecule has 0 bridgehead atoms. The number of ether oxygens (including phenoxy) is 2. The van der Waals surface area contributed by atoms with Gasteiger partial charge < -0.3 is 9.47 Å². The van der Waals surface area contributed by atoms with Crippen LogP contribution in [0.4, 0.5) is 0 Å². The highest BCUT2D eigenvalue weighted by atomic mass is 16.5. The molecule has 0 aliphatic rings. The van der Waals surface area contributed by atoms with Gasteiger partial charge in [-0.3, -0.25) is 4.79 Å². The van der Waals surface area contributed by atoms with E-state index in [9.17, 15) is 9.59 Å². The van der Waals surface area contributed by atoms with E-state index >= 15 is 0 Å². The van der Waals surface area contributed by atoms with Gasteiger partial charge in [-0.1, -0.05) is 96.8 Å². The SMILES string of the molecule is CCCCCCCCCCCCCCCCCC(=O)OC=C(C)C(=O)OC. The monoisotopic (exact) mass is 382 g/mol. The van der Waals surface area contributed by atoms with Crippen LogP contribution in [-0.2, 0) is 19.1 Å². The molecule has 4 nitrogen and oxygen atoms in total. The van der Waals surface area contributed by atoms with Crippen LogP contribution in [0, 0.1) is 0 Å². The third kappa shape index (κ3) is 17.8. The Morgan fingerprint density at radius 1 is 0.704 bits per heavy atom. The molecule has 0 rings (SSSR count). The van der Waals surface area contributed by atoms with Crippen molar-refractivity contribution in [3.05, 3.63) is 11.8 Å². The molecule has 0 amide bonds. The molecule has 0 saturated carbocycles. The Balaban J connectivity index is 3.31. The number of carbonyl (C=O) groups is 2. The van der Waals surface area contributed by atoms with Crippen LogP contribution < -0.4 is 0 Å². The number of unbranched alkanes of at least 4 members (excludes halogenated alkanes) is 14. The number of hydrogen-bond donors (Lipinski definition) is 0. The molecule has 158 valence electrons. The molecule has 0 fully saturated rings. The van der Waals surface area contributed by atoms with E-state index in [-0.39, 0.29) is 5.97 Å². The molecule has 0 radical (unpaired) electrons. The lowest BCUT2D eigenvalue weighted by molar-refractivity contribution is -0.138. The maximum atomic E-state index is 11.6. The molecule has 0 aromatic rings. The van der Waals surface area contributed by atoms with E-state index in [1.807, 2.05) is 0 Å². The quantitative estimate of drug-likeness (QED) is 0.112. The van der Waals surface area contributed by atoms with Crippen molar-refractivity contribution in [1.29, 1.82) is 0 Å². The summed E-state index contributed by atoms with van der Waals surface area (Å²) in [6.45, 7) is 3.83. The summed E-state index contributed by atoms with van der Waals surface area (Å²) < 4.78 is 9.48. The first-order chi connectivity index (χ1) is 13.1. The van der Waals surface area contributed by atoms with Gasteiger partial charge in [0.25, 0.3) is 0 Å². The Morgan fingerprint density at radius 3 is 1.52 bits per heavy atom. The molecule has 0 atom stereocenters. The Hall–Kier alpha value is -1.32. The van der Waals surface area contributed by atoms with E-state index in [0.717, 1.165) is 12.8 Å². The molecule has 0 aromatic carbocycles. The molecule has 0 aliphatic carbocycles. The Bertz CT molecular complexity index is 401.